The summed E-state index contributed by atoms with van der Waals surface area (Å²) in [5.41, 5.74) is -2.20. The number of carboxylic acids is 1. The molecule has 9 heteroatoms. The van der Waals surface area contributed by atoms with Gasteiger partial charge in [0.15, 0.2) is 5.69 Å². The van der Waals surface area contributed by atoms with E-state index in [1.807, 2.05) is 0 Å². The van der Waals surface area contributed by atoms with E-state index in [0.29, 0.717) is 25.5 Å². The summed E-state index contributed by atoms with van der Waals surface area (Å²) in [7, 11) is 0. The van der Waals surface area contributed by atoms with Crippen LogP contribution in [0.25, 0.3) is 0 Å². The van der Waals surface area contributed by atoms with Gasteiger partial charge in [-0.15, -0.1) is 0 Å². The van der Waals surface area contributed by atoms with Crippen molar-refractivity contribution < 1.29 is 23.1 Å². The fourth-order valence-electron chi connectivity index (χ4n) is 2.11. The van der Waals surface area contributed by atoms with Crippen LogP contribution >= 0.6 is 0 Å². The van der Waals surface area contributed by atoms with Crippen LogP contribution < -0.4 is 10.5 Å². The lowest BCUT2D eigenvalue weighted by Gasteiger charge is -2.31. The fourth-order valence-corrected chi connectivity index (χ4v) is 2.11. The number of hydrogen-bond donors (Lipinski definition) is 2. The normalized spacial score (nSPS) is 19.9. The Hall–Kier alpha value is -2.06. The van der Waals surface area contributed by atoms with Gasteiger partial charge < -0.3 is 10.0 Å². The number of alkyl halides is 3. The number of nitrogens with zero attached hydrogens (tertiary/aromatic N) is 2. The second-order valence-electron chi connectivity index (χ2n) is 4.58. The average Bonchev–Trinajstić information content (AvgIpc) is 2.37. The number of aromatic nitrogens is 2. The van der Waals surface area contributed by atoms with Gasteiger partial charge in [0.25, 0.3) is 5.56 Å². The maximum Gasteiger partial charge on any atom is 0.433 e. The molecule has 0 aromatic carbocycles. The van der Waals surface area contributed by atoms with E-state index >= 15 is 0 Å². The summed E-state index contributed by atoms with van der Waals surface area (Å²) >= 11 is 0. The van der Waals surface area contributed by atoms with Crippen molar-refractivity contribution >= 4 is 11.9 Å². The summed E-state index contributed by atoms with van der Waals surface area (Å²) in [5, 5.41) is 8.94. The van der Waals surface area contributed by atoms with Crippen LogP contribution in [0.3, 0.4) is 0 Å². The molecule has 20 heavy (non-hydrogen) atoms. The van der Waals surface area contributed by atoms with Crippen LogP contribution in [0.4, 0.5) is 19.1 Å². The molecule has 6 nitrogen and oxygen atoms in total. The van der Waals surface area contributed by atoms with Gasteiger partial charge in [-0.25, -0.2) is 4.98 Å². The quantitative estimate of drug-likeness (QED) is 0.852. The summed E-state index contributed by atoms with van der Waals surface area (Å²) in [6.45, 7) is 0.383. The zero-order valence-corrected chi connectivity index (χ0v) is 10.3. The number of piperidine rings is 1. The van der Waals surface area contributed by atoms with E-state index in [0.717, 1.165) is 0 Å². The number of carboxylic acid groups (broad SMARTS) is 1. The Balaban J connectivity index is 2.30. The van der Waals surface area contributed by atoms with Crippen molar-refractivity contribution in [2.45, 2.75) is 19.0 Å². The van der Waals surface area contributed by atoms with Crippen molar-refractivity contribution in [2.75, 3.05) is 18.0 Å². The van der Waals surface area contributed by atoms with E-state index in [-0.39, 0.29) is 12.5 Å². The Morgan fingerprint density at radius 2 is 2.20 bits per heavy atom. The largest absolute Gasteiger partial charge is 0.481 e. The fraction of sp³-hybridized carbons (Fsp3) is 0.545. The average molecular weight is 291 g/mol. The summed E-state index contributed by atoms with van der Waals surface area (Å²) in [6.07, 6.45) is -3.75. The molecule has 1 saturated heterocycles. The van der Waals surface area contributed by atoms with Gasteiger partial charge in [0, 0.05) is 19.2 Å². The van der Waals surface area contributed by atoms with E-state index < -0.39 is 29.3 Å². The highest BCUT2D eigenvalue weighted by molar-refractivity contribution is 5.71. The van der Waals surface area contributed by atoms with E-state index in [1.165, 1.54) is 4.90 Å². The number of carbonyl (C=O) groups is 1. The smallest absolute Gasteiger partial charge is 0.433 e. The van der Waals surface area contributed by atoms with Crippen LogP contribution in [0.2, 0.25) is 0 Å². The molecule has 0 aliphatic carbocycles. The zero-order valence-electron chi connectivity index (χ0n) is 10.3. The number of rotatable bonds is 2. The first kappa shape index (κ1) is 14.4. The molecule has 1 aliphatic rings. The van der Waals surface area contributed by atoms with E-state index in [2.05, 4.69) is 9.97 Å². The highest BCUT2D eigenvalue weighted by Gasteiger charge is 2.34. The van der Waals surface area contributed by atoms with Gasteiger partial charge in [0.2, 0.25) is 5.95 Å². The monoisotopic (exact) mass is 291 g/mol. The second-order valence-corrected chi connectivity index (χ2v) is 4.58. The molecule has 0 bridgehead atoms. The van der Waals surface area contributed by atoms with Gasteiger partial charge in [-0.1, -0.05) is 0 Å². The Labute approximate surface area is 111 Å². The molecule has 0 amide bonds. The van der Waals surface area contributed by atoms with Crippen LogP contribution in [0.1, 0.15) is 18.5 Å². The first-order valence-corrected chi connectivity index (χ1v) is 5.93. The SMILES string of the molecule is O=C(O)[C@H]1CCCN(c2nc(C(F)(F)F)cc(=O)[nH]2)C1. The Kier molecular flexibility index (Phi) is 3.69. The molecule has 1 fully saturated rings. The maximum absolute atomic E-state index is 12.6. The third-order valence-electron chi connectivity index (χ3n) is 3.09. The minimum Gasteiger partial charge on any atom is -0.481 e. The topological polar surface area (TPSA) is 86.3 Å². The van der Waals surface area contributed by atoms with Crippen molar-refractivity contribution in [3.05, 3.63) is 22.1 Å². The minimum absolute atomic E-state index is 0.0274. The molecule has 1 atom stereocenters. The number of aromatic amines is 1. The maximum atomic E-state index is 12.6. The number of aliphatic carboxylic acids is 1. The van der Waals surface area contributed by atoms with Crippen molar-refractivity contribution in [3.8, 4) is 0 Å². The second kappa shape index (κ2) is 5.14. The minimum atomic E-state index is -4.72. The summed E-state index contributed by atoms with van der Waals surface area (Å²) in [4.78, 5) is 29.2. The van der Waals surface area contributed by atoms with Crippen molar-refractivity contribution in [2.24, 2.45) is 5.92 Å². The first-order valence-electron chi connectivity index (χ1n) is 5.93. The molecule has 0 unspecified atom stereocenters. The van der Waals surface area contributed by atoms with E-state index in [1.54, 1.807) is 0 Å². The first-order chi connectivity index (χ1) is 9.27. The standard InChI is InChI=1S/C11H12F3N3O3/c12-11(13,14)7-4-8(18)16-10(15-7)17-3-1-2-6(5-17)9(19)20/h4,6H,1-3,5H2,(H,19,20)(H,15,16,18)/t6-/m0/s1. The van der Waals surface area contributed by atoms with Crippen LogP contribution in [0.5, 0.6) is 0 Å². The number of hydrogen-bond acceptors (Lipinski definition) is 4. The third kappa shape index (κ3) is 3.09. The summed E-state index contributed by atoms with van der Waals surface area (Å²) in [6, 6.07) is 0.377. The Bertz CT molecular complexity index is 570. The predicted octanol–water partition coefficient (Wildman–Crippen LogP) is 1.09. The van der Waals surface area contributed by atoms with Gasteiger partial charge >= 0.3 is 12.1 Å². The molecule has 0 spiro atoms. The van der Waals surface area contributed by atoms with Gasteiger partial charge in [-0.05, 0) is 12.8 Å². The van der Waals surface area contributed by atoms with Gasteiger partial charge in [-0.3, -0.25) is 14.6 Å². The Morgan fingerprint density at radius 1 is 1.50 bits per heavy atom. The van der Waals surface area contributed by atoms with Crippen LogP contribution in [0, 0.1) is 5.92 Å². The Morgan fingerprint density at radius 3 is 2.80 bits per heavy atom. The molecule has 1 aromatic rings. The number of H-pyrrole nitrogens is 1. The van der Waals surface area contributed by atoms with Crippen LogP contribution in [-0.2, 0) is 11.0 Å². The van der Waals surface area contributed by atoms with E-state index in [4.69, 9.17) is 5.11 Å². The predicted molar refractivity (Wildman–Crippen MR) is 62.4 cm³/mol. The molecule has 2 rings (SSSR count). The molecular formula is C11H12F3N3O3. The van der Waals surface area contributed by atoms with Crippen LogP contribution in [-0.4, -0.2) is 34.1 Å². The zero-order chi connectivity index (χ0) is 14.9. The summed E-state index contributed by atoms with van der Waals surface area (Å²) in [5.74, 6) is -1.93. The third-order valence-corrected chi connectivity index (χ3v) is 3.09. The van der Waals surface area contributed by atoms with Gasteiger partial charge in [0.05, 0.1) is 5.92 Å². The highest BCUT2D eigenvalue weighted by Crippen LogP contribution is 2.28. The van der Waals surface area contributed by atoms with E-state index in [9.17, 15) is 22.8 Å². The molecule has 110 valence electrons. The number of anilines is 1. The van der Waals surface area contributed by atoms with Crippen LogP contribution in [0.15, 0.2) is 10.9 Å². The molecule has 1 aliphatic heterocycles. The van der Waals surface area contributed by atoms with Crippen molar-refractivity contribution in [1.82, 2.24) is 9.97 Å². The number of nitrogens with one attached hydrogen (secondary N) is 1. The molecular weight excluding hydrogens is 279 g/mol. The summed E-state index contributed by atoms with van der Waals surface area (Å²) < 4.78 is 37.8. The lowest BCUT2D eigenvalue weighted by molar-refractivity contribution is -0.142. The lowest BCUT2D eigenvalue weighted by atomic mass is 9.99. The van der Waals surface area contributed by atoms with Crippen molar-refractivity contribution in [3.63, 3.8) is 0 Å². The highest BCUT2D eigenvalue weighted by atomic mass is 19.4. The molecule has 2 heterocycles. The lowest BCUT2D eigenvalue weighted by Crippen LogP contribution is -2.40. The number of halogens is 3. The molecule has 0 radical (unpaired) electrons. The molecule has 2 N–H and O–H groups in total. The molecule has 0 saturated carbocycles. The van der Waals surface area contributed by atoms with Gasteiger partial charge in [0.1, 0.15) is 0 Å². The molecule has 1 aromatic heterocycles. The van der Waals surface area contributed by atoms with Crippen molar-refractivity contribution in [1.29, 1.82) is 0 Å². The van der Waals surface area contributed by atoms with Gasteiger partial charge in [-0.2, -0.15) is 13.2 Å².